The van der Waals surface area contributed by atoms with E-state index in [1.165, 1.54) is 20.1 Å². The molecular formula is C22H25F3N3O2P. The number of methoxy groups -OCH3 is 1. The fourth-order valence-electron chi connectivity index (χ4n) is 3.67. The molecule has 0 aliphatic carbocycles. The van der Waals surface area contributed by atoms with Gasteiger partial charge in [0.2, 0.25) is 0 Å². The van der Waals surface area contributed by atoms with E-state index in [9.17, 15) is 17.7 Å². The lowest BCUT2D eigenvalue weighted by atomic mass is 9.97. The third-order valence-corrected chi connectivity index (χ3v) is 6.70. The number of alkyl halides is 3. The highest BCUT2D eigenvalue weighted by molar-refractivity contribution is 7.70. The van der Waals surface area contributed by atoms with Crippen LogP contribution in [0.5, 0.6) is 5.75 Å². The van der Waals surface area contributed by atoms with Gasteiger partial charge < -0.3 is 14.6 Å². The van der Waals surface area contributed by atoms with Gasteiger partial charge in [-0.15, -0.1) is 0 Å². The molecule has 1 atom stereocenters. The van der Waals surface area contributed by atoms with Crippen molar-refractivity contribution in [3.63, 3.8) is 0 Å². The van der Waals surface area contributed by atoms with Crippen LogP contribution in [0.2, 0.25) is 0 Å². The number of ether oxygens (including phenoxy) is 1. The first-order valence-electron chi connectivity index (χ1n) is 9.68. The van der Waals surface area contributed by atoms with Crippen LogP contribution in [-0.2, 0) is 10.7 Å². The van der Waals surface area contributed by atoms with Crippen LogP contribution in [0.1, 0.15) is 35.5 Å². The lowest BCUT2D eigenvalue weighted by Gasteiger charge is -2.22. The summed E-state index contributed by atoms with van der Waals surface area (Å²) in [6, 6.07) is 7.14. The van der Waals surface area contributed by atoms with Crippen molar-refractivity contribution in [3.05, 3.63) is 52.8 Å². The second kappa shape index (κ2) is 8.15. The Labute approximate surface area is 179 Å². The Morgan fingerprint density at radius 1 is 1.13 bits per heavy atom. The number of aryl methyl sites for hydroxylation is 1. The van der Waals surface area contributed by atoms with Gasteiger partial charge in [-0.2, -0.15) is 13.2 Å². The maximum atomic E-state index is 13.3. The molecule has 31 heavy (non-hydrogen) atoms. The predicted molar refractivity (Wildman–Crippen MR) is 118 cm³/mol. The molecule has 0 bridgehead atoms. The van der Waals surface area contributed by atoms with Gasteiger partial charge in [-0.1, -0.05) is 12.1 Å². The molecule has 166 valence electrons. The maximum absolute atomic E-state index is 13.3. The summed E-state index contributed by atoms with van der Waals surface area (Å²) in [5.41, 5.74) is 0.619. The number of hydrogen-bond donors (Lipinski definition) is 1. The summed E-state index contributed by atoms with van der Waals surface area (Å²) >= 11 is 0. The van der Waals surface area contributed by atoms with E-state index < -0.39 is 24.9 Å². The van der Waals surface area contributed by atoms with E-state index in [2.05, 4.69) is 15.3 Å². The van der Waals surface area contributed by atoms with E-state index in [0.717, 1.165) is 6.07 Å². The van der Waals surface area contributed by atoms with Gasteiger partial charge in [0, 0.05) is 11.5 Å². The minimum absolute atomic E-state index is 0.166. The second-order valence-corrected chi connectivity index (χ2v) is 11.1. The predicted octanol–water partition coefficient (Wildman–Crippen LogP) is 5.70. The summed E-state index contributed by atoms with van der Waals surface area (Å²) in [5.74, 6) is 1.43. The first-order valence-corrected chi connectivity index (χ1v) is 12.3. The number of anilines is 1. The summed E-state index contributed by atoms with van der Waals surface area (Å²) in [4.78, 5) is 8.91. The average molecular weight is 451 g/mol. The van der Waals surface area contributed by atoms with Crippen molar-refractivity contribution in [1.29, 1.82) is 0 Å². The molecule has 0 amide bonds. The van der Waals surface area contributed by atoms with E-state index in [1.807, 2.05) is 0 Å². The van der Waals surface area contributed by atoms with Crippen LogP contribution < -0.4 is 15.4 Å². The number of rotatable bonds is 5. The second-order valence-electron chi connectivity index (χ2n) is 7.90. The monoisotopic (exact) mass is 451 g/mol. The zero-order valence-corrected chi connectivity index (χ0v) is 19.2. The molecule has 0 aliphatic rings. The molecule has 0 fully saturated rings. The van der Waals surface area contributed by atoms with Gasteiger partial charge >= 0.3 is 6.18 Å². The summed E-state index contributed by atoms with van der Waals surface area (Å²) in [6.45, 7) is 8.27. The molecule has 9 heteroatoms. The average Bonchev–Trinajstić information content (AvgIpc) is 2.65. The molecule has 1 heterocycles. The number of halogens is 3. The van der Waals surface area contributed by atoms with Crippen LogP contribution in [0.15, 0.2) is 30.3 Å². The highest BCUT2D eigenvalue weighted by Gasteiger charge is 2.33. The molecule has 3 rings (SSSR count). The van der Waals surface area contributed by atoms with E-state index in [-0.39, 0.29) is 5.56 Å². The molecule has 5 nitrogen and oxygen atoms in total. The standard InChI is InChI=1S/C22H25F3N3O2P/c1-12-15(8-7-9-17(12)22(23,24)25)13(2)26-21-16-10-20(31(5,6)29)19(30-4)11-18(16)27-14(3)28-21/h7-11,13H,1-6H3,(H,26,27,28)/t13-/m1/s1. The Balaban J connectivity index is 2.13. The van der Waals surface area contributed by atoms with Gasteiger partial charge in [-0.05, 0) is 57.4 Å². The van der Waals surface area contributed by atoms with E-state index in [4.69, 9.17) is 4.74 Å². The molecule has 0 unspecified atom stereocenters. The van der Waals surface area contributed by atoms with Crippen molar-refractivity contribution in [2.75, 3.05) is 25.8 Å². The van der Waals surface area contributed by atoms with Crippen molar-refractivity contribution in [2.45, 2.75) is 33.0 Å². The number of nitrogens with one attached hydrogen (secondary N) is 1. The van der Waals surface area contributed by atoms with Gasteiger partial charge in [0.05, 0.1) is 29.5 Å². The van der Waals surface area contributed by atoms with Gasteiger partial charge in [0.25, 0.3) is 0 Å². The van der Waals surface area contributed by atoms with Crippen LogP contribution in [0.25, 0.3) is 10.9 Å². The molecule has 0 saturated carbocycles. The normalized spacial score (nSPS) is 13.3. The number of aromatic nitrogens is 2. The zero-order valence-electron chi connectivity index (χ0n) is 18.3. The minimum Gasteiger partial charge on any atom is -0.496 e. The van der Waals surface area contributed by atoms with Gasteiger partial charge in [-0.3, -0.25) is 0 Å². The van der Waals surface area contributed by atoms with Crippen molar-refractivity contribution in [2.24, 2.45) is 0 Å². The molecule has 3 aromatic rings. The first-order chi connectivity index (χ1) is 14.3. The third-order valence-electron chi connectivity index (χ3n) is 5.19. The summed E-state index contributed by atoms with van der Waals surface area (Å²) in [6.07, 6.45) is -4.42. The van der Waals surface area contributed by atoms with E-state index >= 15 is 0 Å². The fraction of sp³-hybridized carbons (Fsp3) is 0.364. The Morgan fingerprint density at radius 2 is 1.81 bits per heavy atom. The van der Waals surface area contributed by atoms with Gasteiger partial charge in [-0.25, -0.2) is 9.97 Å². The lowest BCUT2D eigenvalue weighted by Crippen LogP contribution is -2.15. The lowest BCUT2D eigenvalue weighted by molar-refractivity contribution is -0.138. The number of fused-ring (bicyclic) bond motifs is 1. The summed E-state index contributed by atoms with van der Waals surface area (Å²) < 4.78 is 58.2. The molecule has 1 aromatic heterocycles. The largest absolute Gasteiger partial charge is 0.496 e. The van der Waals surface area contributed by atoms with Crippen molar-refractivity contribution < 1.29 is 22.5 Å². The van der Waals surface area contributed by atoms with Gasteiger partial charge in [0.1, 0.15) is 24.5 Å². The highest BCUT2D eigenvalue weighted by Crippen LogP contribution is 2.41. The molecule has 0 spiro atoms. The Kier molecular flexibility index (Phi) is 6.07. The van der Waals surface area contributed by atoms with Crippen LogP contribution in [0, 0.1) is 13.8 Å². The number of benzene rings is 2. The smallest absolute Gasteiger partial charge is 0.416 e. The molecule has 0 aliphatic heterocycles. The fourth-order valence-corrected chi connectivity index (χ4v) is 4.79. The molecular weight excluding hydrogens is 426 g/mol. The Bertz CT molecular complexity index is 1190. The quantitative estimate of drug-likeness (QED) is 0.505. The van der Waals surface area contributed by atoms with Crippen LogP contribution in [0.3, 0.4) is 0 Å². The Morgan fingerprint density at radius 3 is 2.39 bits per heavy atom. The minimum atomic E-state index is -4.42. The summed E-state index contributed by atoms with van der Waals surface area (Å²) in [5, 5.41) is 4.41. The molecule has 2 aromatic carbocycles. The number of hydrogen-bond acceptors (Lipinski definition) is 5. The Hall–Kier alpha value is -2.60. The summed E-state index contributed by atoms with van der Waals surface area (Å²) in [7, 11) is -1.16. The van der Waals surface area contributed by atoms with E-state index in [1.54, 1.807) is 45.4 Å². The molecule has 1 N–H and O–H groups in total. The third kappa shape index (κ3) is 4.69. The highest BCUT2D eigenvalue weighted by atomic mass is 31.2. The maximum Gasteiger partial charge on any atom is 0.416 e. The molecule has 0 radical (unpaired) electrons. The van der Waals surface area contributed by atoms with Crippen molar-refractivity contribution >= 4 is 29.2 Å². The topological polar surface area (TPSA) is 64.1 Å². The zero-order chi connectivity index (χ0) is 23.1. The van der Waals surface area contributed by atoms with Crippen LogP contribution in [0.4, 0.5) is 19.0 Å². The van der Waals surface area contributed by atoms with Crippen molar-refractivity contribution in [3.8, 4) is 5.75 Å². The number of nitrogens with zero attached hydrogens (tertiary/aromatic N) is 2. The van der Waals surface area contributed by atoms with Crippen LogP contribution in [-0.4, -0.2) is 30.4 Å². The molecule has 0 saturated heterocycles. The SMILES string of the molecule is COc1cc2nc(C)nc(N[C@H](C)c3cccc(C(F)(F)F)c3C)c2cc1P(C)(C)=O. The van der Waals surface area contributed by atoms with Gasteiger partial charge in [0.15, 0.2) is 0 Å². The van der Waals surface area contributed by atoms with E-state index in [0.29, 0.717) is 39.2 Å². The van der Waals surface area contributed by atoms with Crippen molar-refractivity contribution in [1.82, 2.24) is 9.97 Å². The van der Waals surface area contributed by atoms with Crippen LogP contribution >= 0.6 is 7.14 Å². The first kappa shape index (κ1) is 23.1.